The van der Waals surface area contributed by atoms with Gasteiger partial charge in [0.2, 0.25) is 0 Å². The molecule has 1 aliphatic heterocycles. The zero-order chi connectivity index (χ0) is 13.8. The van der Waals surface area contributed by atoms with E-state index in [-0.39, 0.29) is 18.2 Å². The fourth-order valence-electron chi connectivity index (χ4n) is 2.93. The van der Waals surface area contributed by atoms with Crippen molar-refractivity contribution < 1.29 is 4.39 Å². The minimum Gasteiger partial charge on any atom is -0.299 e. The summed E-state index contributed by atoms with van der Waals surface area (Å²) in [5, 5.41) is 0. The Morgan fingerprint density at radius 1 is 0.857 bits per heavy atom. The molecule has 1 aliphatic rings. The van der Waals surface area contributed by atoms with Crippen molar-refractivity contribution in [2.45, 2.75) is 25.8 Å². The van der Waals surface area contributed by atoms with Gasteiger partial charge in [-0.3, -0.25) is 4.90 Å². The molecule has 0 aromatic heterocycles. The Hall–Kier alpha value is -1.38. The van der Waals surface area contributed by atoms with Crippen molar-refractivity contribution in [1.82, 2.24) is 4.90 Å². The third-order valence-electron chi connectivity index (χ3n) is 4.02. The second-order valence-electron chi connectivity index (χ2n) is 5.50. The molecule has 0 unspecified atom stereocenters. The van der Waals surface area contributed by atoms with E-state index in [4.69, 9.17) is 0 Å². The molecule has 21 heavy (non-hydrogen) atoms. The van der Waals surface area contributed by atoms with Crippen LogP contribution in [0.2, 0.25) is 0 Å². The molecule has 3 rings (SSSR count). The largest absolute Gasteiger partial charge is 0.299 e. The number of hydrogen-bond donors (Lipinski definition) is 0. The SMILES string of the molecule is Cl.Fc1ccc(-c2ccccc2CN2CCCCC2)cc1. The van der Waals surface area contributed by atoms with Crippen LogP contribution >= 0.6 is 12.4 Å². The summed E-state index contributed by atoms with van der Waals surface area (Å²) in [7, 11) is 0. The van der Waals surface area contributed by atoms with Gasteiger partial charge in [-0.25, -0.2) is 4.39 Å². The van der Waals surface area contributed by atoms with Gasteiger partial charge in [0.1, 0.15) is 5.82 Å². The van der Waals surface area contributed by atoms with Gasteiger partial charge in [-0.2, -0.15) is 0 Å². The van der Waals surface area contributed by atoms with Crippen molar-refractivity contribution in [2.24, 2.45) is 0 Å². The lowest BCUT2D eigenvalue weighted by atomic mass is 9.98. The van der Waals surface area contributed by atoms with Gasteiger partial charge < -0.3 is 0 Å². The molecule has 0 atom stereocenters. The van der Waals surface area contributed by atoms with Gasteiger partial charge in [0.05, 0.1) is 0 Å². The lowest BCUT2D eigenvalue weighted by Gasteiger charge is -2.27. The topological polar surface area (TPSA) is 3.24 Å². The first-order chi connectivity index (χ1) is 9.83. The molecule has 2 aromatic rings. The Labute approximate surface area is 132 Å². The third kappa shape index (κ3) is 4.05. The molecule has 1 saturated heterocycles. The highest BCUT2D eigenvalue weighted by Gasteiger charge is 2.13. The monoisotopic (exact) mass is 305 g/mol. The van der Waals surface area contributed by atoms with Crippen molar-refractivity contribution in [1.29, 1.82) is 0 Å². The van der Waals surface area contributed by atoms with E-state index in [1.54, 1.807) is 0 Å². The van der Waals surface area contributed by atoms with E-state index in [0.29, 0.717) is 0 Å². The predicted octanol–water partition coefficient (Wildman–Crippen LogP) is 4.90. The Bertz CT molecular complexity index is 562. The molecule has 0 saturated carbocycles. The number of piperidine rings is 1. The van der Waals surface area contributed by atoms with Crippen LogP contribution in [0.15, 0.2) is 48.5 Å². The number of halogens is 2. The Kier molecular flexibility index (Phi) is 5.77. The van der Waals surface area contributed by atoms with Crippen LogP contribution in [0.4, 0.5) is 4.39 Å². The van der Waals surface area contributed by atoms with E-state index in [1.807, 2.05) is 12.1 Å². The van der Waals surface area contributed by atoms with Crippen LogP contribution < -0.4 is 0 Å². The molecule has 0 spiro atoms. The second-order valence-corrected chi connectivity index (χ2v) is 5.50. The number of benzene rings is 2. The van der Waals surface area contributed by atoms with Crippen molar-refractivity contribution in [2.75, 3.05) is 13.1 Å². The maximum absolute atomic E-state index is 13.1. The standard InChI is InChI=1S/C18H20FN.ClH/c19-17-10-8-15(9-11-17)18-7-3-2-6-16(18)14-20-12-4-1-5-13-20;/h2-3,6-11H,1,4-5,12-14H2;1H. The lowest BCUT2D eigenvalue weighted by Crippen LogP contribution is -2.29. The average Bonchev–Trinajstić information content (AvgIpc) is 2.50. The highest BCUT2D eigenvalue weighted by molar-refractivity contribution is 5.85. The molecule has 112 valence electrons. The van der Waals surface area contributed by atoms with Gasteiger partial charge in [-0.05, 0) is 54.8 Å². The first kappa shape index (κ1) is 16.0. The molecule has 1 fully saturated rings. The van der Waals surface area contributed by atoms with Crippen LogP contribution in [0.3, 0.4) is 0 Å². The minimum absolute atomic E-state index is 0. The fraction of sp³-hybridized carbons (Fsp3) is 0.333. The normalized spacial score (nSPS) is 15.5. The highest BCUT2D eigenvalue weighted by Crippen LogP contribution is 2.25. The van der Waals surface area contributed by atoms with E-state index in [9.17, 15) is 4.39 Å². The third-order valence-corrected chi connectivity index (χ3v) is 4.02. The highest BCUT2D eigenvalue weighted by atomic mass is 35.5. The Balaban J connectivity index is 0.00000161. The first-order valence-electron chi connectivity index (χ1n) is 7.39. The summed E-state index contributed by atoms with van der Waals surface area (Å²) in [6.45, 7) is 3.38. The van der Waals surface area contributed by atoms with Crippen LogP contribution in [0.1, 0.15) is 24.8 Å². The Morgan fingerprint density at radius 2 is 1.52 bits per heavy atom. The summed E-state index contributed by atoms with van der Waals surface area (Å²) < 4.78 is 13.1. The lowest BCUT2D eigenvalue weighted by molar-refractivity contribution is 0.221. The summed E-state index contributed by atoms with van der Waals surface area (Å²) >= 11 is 0. The average molecular weight is 306 g/mol. The molecule has 0 aliphatic carbocycles. The molecule has 3 heteroatoms. The number of likely N-dealkylation sites (tertiary alicyclic amines) is 1. The fourth-order valence-corrected chi connectivity index (χ4v) is 2.93. The first-order valence-corrected chi connectivity index (χ1v) is 7.39. The predicted molar refractivity (Wildman–Crippen MR) is 88.2 cm³/mol. The van der Waals surface area contributed by atoms with Crippen molar-refractivity contribution in [3.63, 3.8) is 0 Å². The minimum atomic E-state index is -0.178. The molecular formula is C18H21ClFN. The van der Waals surface area contributed by atoms with Crippen LogP contribution in [0.5, 0.6) is 0 Å². The number of hydrogen-bond acceptors (Lipinski definition) is 1. The van der Waals surface area contributed by atoms with E-state index < -0.39 is 0 Å². The molecule has 1 heterocycles. The maximum Gasteiger partial charge on any atom is 0.123 e. The van der Waals surface area contributed by atoms with Crippen molar-refractivity contribution >= 4 is 12.4 Å². The van der Waals surface area contributed by atoms with Crippen LogP contribution in [-0.2, 0) is 6.54 Å². The molecule has 1 nitrogen and oxygen atoms in total. The van der Waals surface area contributed by atoms with E-state index in [2.05, 4.69) is 29.2 Å². The van der Waals surface area contributed by atoms with Crippen LogP contribution in [0, 0.1) is 5.82 Å². The van der Waals surface area contributed by atoms with Gasteiger partial charge in [0.25, 0.3) is 0 Å². The Morgan fingerprint density at radius 3 is 2.24 bits per heavy atom. The molecule has 0 N–H and O–H groups in total. The second kappa shape index (κ2) is 7.58. The van der Waals surface area contributed by atoms with Gasteiger partial charge in [0, 0.05) is 6.54 Å². The zero-order valence-corrected chi connectivity index (χ0v) is 12.9. The molecule has 0 bridgehead atoms. The van der Waals surface area contributed by atoms with Gasteiger partial charge in [0.15, 0.2) is 0 Å². The summed E-state index contributed by atoms with van der Waals surface area (Å²) in [5.74, 6) is -0.178. The number of nitrogens with zero attached hydrogens (tertiary/aromatic N) is 1. The molecule has 0 radical (unpaired) electrons. The smallest absolute Gasteiger partial charge is 0.123 e. The van der Waals surface area contributed by atoms with Gasteiger partial charge in [-0.1, -0.05) is 42.8 Å². The summed E-state index contributed by atoms with van der Waals surface area (Å²) in [4.78, 5) is 2.52. The van der Waals surface area contributed by atoms with Crippen molar-refractivity contribution in [3.8, 4) is 11.1 Å². The zero-order valence-electron chi connectivity index (χ0n) is 12.1. The van der Waals surface area contributed by atoms with Gasteiger partial charge >= 0.3 is 0 Å². The summed E-state index contributed by atoms with van der Waals surface area (Å²) in [5.41, 5.74) is 3.65. The van der Waals surface area contributed by atoms with Crippen molar-refractivity contribution in [3.05, 3.63) is 59.9 Å². The number of rotatable bonds is 3. The van der Waals surface area contributed by atoms with Gasteiger partial charge in [-0.15, -0.1) is 12.4 Å². The molecular weight excluding hydrogens is 285 g/mol. The maximum atomic E-state index is 13.1. The summed E-state index contributed by atoms with van der Waals surface area (Å²) in [6, 6.07) is 15.3. The molecule has 0 amide bonds. The van der Waals surface area contributed by atoms with Crippen LogP contribution in [-0.4, -0.2) is 18.0 Å². The van der Waals surface area contributed by atoms with E-state index in [0.717, 1.165) is 12.1 Å². The van der Waals surface area contributed by atoms with E-state index >= 15 is 0 Å². The van der Waals surface area contributed by atoms with E-state index in [1.165, 1.54) is 55.6 Å². The van der Waals surface area contributed by atoms with Crippen LogP contribution in [0.25, 0.3) is 11.1 Å². The summed E-state index contributed by atoms with van der Waals surface area (Å²) in [6.07, 6.45) is 3.97. The molecule has 2 aromatic carbocycles. The quantitative estimate of drug-likeness (QED) is 0.779.